The van der Waals surface area contributed by atoms with Crippen molar-refractivity contribution in [2.75, 3.05) is 7.05 Å². The van der Waals surface area contributed by atoms with Crippen LogP contribution >= 0.6 is 27.5 Å². The summed E-state index contributed by atoms with van der Waals surface area (Å²) in [5.74, 6) is 0. The average Bonchev–Trinajstić information content (AvgIpc) is 2.33. The lowest BCUT2D eigenvalue weighted by Gasteiger charge is -2.19. The van der Waals surface area contributed by atoms with Crippen molar-refractivity contribution in [1.82, 2.24) is 5.32 Å². The largest absolute Gasteiger partial charge is 0.309 e. The highest BCUT2D eigenvalue weighted by atomic mass is 79.9. The van der Waals surface area contributed by atoms with Crippen LogP contribution in [-0.4, -0.2) is 7.05 Å². The first-order chi connectivity index (χ1) is 9.01. The van der Waals surface area contributed by atoms with Gasteiger partial charge >= 0.3 is 0 Å². The van der Waals surface area contributed by atoms with Gasteiger partial charge in [-0.1, -0.05) is 45.7 Å². The summed E-state index contributed by atoms with van der Waals surface area (Å²) in [5, 5.41) is 4.17. The van der Waals surface area contributed by atoms with Crippen molar-refractivity contribution in [1.29, 1.82) is 0 Å². The third-order valence-corrected chi connectivity index (χ3v) is 4.08. The molecule has 1 atom stereocenters. The van der Waals surface area contributed by atoms with Crippen LogP contribution in [0.3, 0.4) is 0 Å². The Morgan fingerprint density at radius 2 is 1.79 bits per heavy atom. The van der Waals surface area contributed by atoms with E-state index in [2.05, 4.69) is 58.5 Å². The molecule has 100 valence electrons. The maximum Gasteiger partial charge on any atom is 0.0575 e. The molecule has 2 rings (SSSR count). The lowest BCUT2D eigenvalue weighted by atomic mass is 9.97. The monoisotopic (exact) mass is 337 g/mol. The Bertz CT molecular complexity index is 575. The van der Waals surface area contributed by atoms with Crippen LogP contribution in [0.4, 0.5) is 0 Å². The lowest BCUT2D eigenvalue weighted by Crippen LogP contribution is -2.17. The smallest absolute Gasteiger partial charge is 0.0575 e. The first-order valence-electron chi connectivity index (χ1n) is 6.21. The second kappa shape index (κ2) is 6.08. The normalized spacial score (nSPS) is 12.5. The van der Waals surface area contributed by atoms with E-state index >= 15 is 0 Å². The lowest BCUT2D eigenvalue weighted by molar-refractivity contribution is 0.690. The van der Waals surface area contributed by atoms with Crippen LogP contribution in [0.15, 0.2) is 40.9 Å². The number of halogens is 2. The Balaban J connectivity index is 2.46. The van der Waals surface area contributed by atoms with Gasteiger partial charge in [-0.3, -0.25) is 0 Å². The molecule has 0 bridgehead atoms. The molecular formula is C16H17BrClN. The van der Waals surface area contributed by atoms with Crippen molar-refractivity contribution >= 4 is 27.5 Å². The summed E-state index contributed by atoms with van der Waals surface area (Å²) in [7, 11) is 1.97. The number of hydrogen-bond donors (Lipinski definition) is 1. The van der Waals surface area contributed by atoms with Crippen molar-refractivity contribution in [2.24, 2.45) is 0 Å². The number of hydrogen-bond acceptors (Lipinski definition) is 1. The van der Waals surface area contributed by atoms with E-state index in [0.717, 1.165) is 15.1 Å². The molecule has 0 aliphatic rings. The van der Waals surface area contributed by atoms with Crippen molar-refractivity contribution in [2.45, 2.75) is 19.9 Å². The van der Waals surface area contributed by atoms with E-state index in [-0.39, 0.29) is 6.04 Å². The highest BCUT2D eigenvalue weighted by Crippen LogP contribution is 2.28. The average molecular weight is 339 g/mol. The van der Waals surface area contributed by atoms with Gasteiger partial charge in [0.25, 0.3) is 0 Å². The molecule has 2 aromatic rings. The van der Waals surface area contributed by atoms with Crippen molar-refractivity contribution in [3.8, 4) is 0 Å². The third kappa shape index (κ3) is 3.38. The fourth-order valence-electron chi connectivity index (χ4n) is 2.25. The summed E-state index contributed by atoms with van der Waals surface area (Å²) in [6, 6.07) is 12.8. The van der Waals surface area contributed by atoms with Crippen LogP contribution in [-0.2, 0) is 0 Å². The minimum atomic E-state index is 0.147. The van der Waals surface area contributed by atoms with Crippen LogP contribution in [0.2, 0.25) is 5.02 Å². The molecule has 2 aromatic carbocycles. The predicted octanol–water partition coefficient (Wildman–Crippen LogP) is 5.03. The molecular weight excluding hydrogens is 322 g/mol. The first kappa shape index (κ1) is 14.6. The van der Waals surface area contributed by atoms with Gasteiger partial charge in [-0.05, 0) is 61.3 Å². The zero-order valence-corrected chi connectivity index (χ0v) is 13.6. The van der Waals surface area contributed by atoms with E-state index in [4.69, 9.17) is 11.6 Å². The van der Waals surface area contributed by atoms with Crippen LogP contribution in [0.5, 0.6) is 0 Å². The van der Waals surface area contributed by atoms with Gasteiger partial charge in [0.1, 0.15) is 0 Å². The summed E-state index contributed by atoms with van der Waals surface area (Å²) in [5.41, 5.74) is 4.75. The predicted molar refractivity (Wildman–Crippen MR) is 86.0 cm³/mol. The van der Waals surface area contributed by atoms with Crippen LogP contribution in [0, 0.1) is 13.8 Å². The summed E-state index contributed by atoms with van der Waals surface area (Å²) in [6.45, 7) is 4.12. The molecule has 0 aliphatic heterocycles. The second-order valence-electron chi connectivity index (χ2n) is 4.79. The van der Waals surface area contributed by atoms with E-state index in [1.807, 2.05) is 20.0 Å². The SMILES string of the molecule is CNC(c1cc(C)cc(Br)c1)c1ccc(C)c(Cl)c1. The molecule has 0 radical (unpaired) electrons. The third-order valence-electron chi connectivity index (χ3n) is 3.22. The van der Waals surface area contributed by atoms with Gasteiger partial charge < -0.3 is 5.32 Å². The maximum absolute atomic E-state index is 6.23. The van der Waals surface area contributed by atoms with Gasteiger partial charge in [-0.2, -0.15) is 0 Å². The highest BCUT2D eigenvalue weighted by molar-refractivity contribution is 9.10. The molecule has 3 heteroatoms. The van der Waals surface area contributed by atoms with Gasteiger partial charge in [0.2, 0.25) is 0 Å². The molecule has 1 nitrogen and oxygen atoms in total. The topological polar surface area (TPSA) is 12.0 Å². The molecule has 0 heterocycles. The van der Waals surface area contributed by atoms with E-state index in [1.54, 1.807) is 0 Å². The molecule has 0 saturated heterocycles. The molecule has 0 aromatic heterocycles. The molecule has 0 aliphatic carbocycles. The Morgan fingerprint density at radius 3 is 2.37 bits per heavy atom. The van der Waals surface area contributed by atoms with E-state index in [1.165, 1.54) is 16.7 Å². The highest BCUT2D eigenvalue weighted by Gasteiger charge is 2.13. The fraction of sp³-hybridized carbons (Fsp3) is 0.250. The second-order valence-corrected chi connectivity index (χ2v) is 6.12. The molecule has 0 fully saturated rings. The minimum Gasteiger partial charge on any atom is -0.309 e. The Kier molecular flexibility index (Phi) is 4.67. The van der Waals surface area contributed by atoms with E-state index in [9.17, 15) is 0 Å². The molecule has 19 heavy (non-hydrogen) atoms. The van der Waals surface area contributed by atoms with E-state index < -0.39 is 0 Å². The van der Waals surface area contributed by atoms with Crippen molar-refractivity contribution in [3.05, 3.63) is 68.1 Å². The number of benzene rings is 2. The maximum atomic E-state index is 6.23. The molecule has 1 unspecified atom stereocenters. The number of aryl methyl sites for hydroxylation is 2. The van der Waals surface area contributed by atoms with E-state index in [0.29, 0.717) is 0 Å². The van der Waals surface area contributed by atoms with Gasteiger partial charge in [-0.15, -0.1) is 0 Å². The molecule has 0 spiro atoms. The number of nitrogens with one attached hydrogen (secondary N) is 1. The summed E-state index contributed by atoms with van der Waals surface area (Å²) >= 11 is 9.78. The minimum absolute atomic E-state index is 0.147. The Labute approximate surface area is 128 Å². The molecule has 0 amide bonds. The summed E-state index contributed by atoms with van der Waals surface area (Å²) in [4.78, 5) is 0. The Morgan fingerprint density at radius 1 is 1.05 bits per heavy atom. The zero-order chi connectivity index (χ0) is 14.0. The summed E-state index contributed by atoms with van der Waals surface area (Å²) < 4.78 is 1.10. The van der Waals surface area contributed by atoms with Crippen LogP contribution in [0.25, 0.3) is 0 Å². The summed E-state index contributed by atoms with van der Waals surface area (Å²) in [6.07, 6.45) is 0. The molecule has 1 N–H and O–H groups in total. The standard InChI is InChI=1S/C16H17BrClN/c1-10-6-13(8-14(17)7-10)16(19-3)12-5-4-11(2)15(18)9-12/h4-9,16,19H,1-3H3. The zero-order valence-electron chi connectivity index (χ0n) is 11.3. The van der Waals surface area contributed by atoms with Gasteiger partial charge in [0, 0.05) is 9.50 Å². The quantitative estimate of drug-likeness (QED) is 0.828. The van der Waals surface area contributed by atoms with Gasteiger partial charge in [0.05, 0.1) is 6.04 Å². The Hall–Kier alpha value is -0.830. The number of rotatable bonds is 3. The van der Waals surface area contributed by atoms with Crippen molar-refractivity contribution < 1.29 is 0 Å². The van der Waals surface area contributed by atoms with Crippen molar-refractivity contribution in [3.63, 3.8) is 0 Å². The van der Waals surface area contributed by atoms with Gasteiger partial charge in [-0.25, -0.2) is 0 Å². The van der Waals surface area contributed by atoms with Crippen LogP contribution < -0.4 is 5.32 Å². The first-order valence-corrected chi connectivity index (χ1v) is 7.39. The van der Waals surface area contributed by atoms with Gasteiger partial charge in [0.15, 0.2) is 0 Å². The fourth-order valence-corrected chi connectivity index (χ4v) is 3.06. The molecule has 0 saturated carbocycles. The van der Waals surface area contributed by atoms with Crippen LogP contribution in [0.1, 0.15) is 28.3 Å².